The lowest BCUT2D eigenvalue weighted by molar-refractivity contribution is -0.126. The van der Waals surface area contributed by atoms with Crippen LogP contribution in [0.3, 0.4) is 0 Å². The van der Waals surface area contributed by atoms with Crippen LogP contribution in [0.25, 0.3) is 5.69 Å². The SMILES string of the molecule is COC=O.O=C(c1ccc(-n2cccn2)cc1)N1CC1. The lowest BCUT2D eigenvalue weighted by atomic mass is 10.2. The van der Waals surface area contributed by atoms with Gasteiger partial charge in [-0.1, -0.05) is 0 Å². The summed E-state index contributed by atoms with van der Waals surface area (Å²) in [5.41, 5.74) is 1.71. The first-order chi connectivity index (χ1) is 9.76. The second-order valence-electron chi connectivity index (χ2n) is 4.12. The lowest BCUT2D eigenvalue weighted by Gasteiger charge is -2.04. The molecule has 2 heterocycles. The van der Waals surface area contributed by atoms with Crippen LogP contribution < -0.4 is 0 Å². The summed E-state index contributed by atoms with van der Waals surface area (Å²) >= 11 is 0. The van der Waals surface area contributed by atoms with E-state index in [-0.39, 0.29) is 5.91 Å². The molecule has 0 radical (unpaired) electrons. The van der Waals surface area contributed by atoms with Gasteiger partial charge in [-0.3, -0.25) is 9.59 Å². The predicted molar refractivity (Wildman–Crippen MR) is 72.5 cm³/mol. The lowest BCUT2D eigenvalue weighted by Crippen LogP contribution is -2.10. The third-order valence-corrected chi connectivity index (χ3v) is 2.71. The van der Waals surface area contributed by atoms with Crippen molar-refractivity contribution in [2.24, 2.45) is 0 Å². The molecule has 3 rings (SSSR count). The smallest absolute Gasteiger partial charge is 0.292 e. The Labute approximate surface area is 116 Å². The minimum Gasteiger partial charge on any atom is -0.471 e. The topological polar surface area (TPSA) is 64.2 Å². The molecule has 104 valence electrons. The average molecular weight is 273 g/mol. The van der Waals surface area contributed by atoms with Gasteiger partial charge in [0.15, 0.2) is 0 Å². The van der Waals surface area contributed by atoms with E-state index in [0.717, 1.165) is 24.3 Å². The Morgan fingerprint density at radius 1 is 1.30 bits per heavy atom. The molecule has 1 saturated heterocycles. The van der Waals surface area contributed by atoms with Crippen LogP contribution in [0, 0.1) is 0 Å². The Bertz CT molecular complexity index is 560. The van der Waals surface area contributed by atoms with E-state index in [4.69, 9.17) is 4.79 Å². The monoisotopic (exact) mass is 273 g/mol. The molecule has 0 atom stereocenters. The van der Waals surface area contributed by atoms with Gasteiger partial charge in [-0.2, -0.15) is 5.10 Å². The van der Waals surface area contributed by atoms with E-state index in [1.165, 1.54) is 7.11 Å². The highest BCUT2D eigenvalue weighted by molar-refractivity contribution is 5.95. The van der Waals surface area contributed by atoms with Crippen LogP contribution in [-0.4, -0.2) is 47.3 Å². The Morgan fingerprint density at radius 3 is 2.40 bits per heavy atom. The highest BCUT2D eigenvalue weighted by Gasteiger charge is 2.24. The van der Waals surface area contributed by atoms with Crippen LogP contribution in [0.2, 0.25) is 0 Å². The van der Waals surface area contributed by atoms with Gasteiger partial charge < -0.3 is 9.64 Å². The van der Waals surface area contributed by atoms with Crippen molar-refractivity contribution in [1.82, 2.24) is 14.7 Å². The summed E-state index contributed by atoms with van der Waals surface area (Å²) in [6.45, 7) is 2.15. The molecule has 1 aliphatic heterocycles. The molecule has 1 fully saturated rings. The van der Waals surface area contributed by atoms with Gasteiger partial charge >= 0.3 is 0 Å². The van der Waals surface area contributed by atoms with E-state index < -0.39 is 0 Å². The van der Waals surface area contributed by atoms with Crippen molar-refractivity contribution >= 4 is 12.4 Å². The molecule has 6 nitrogen and oxygen atoms in total. The molecule has 6 heteroatoms. The van der Waals surface area contributed by atoms with Crippen molar-refractivity contribution in [3.8, 4) is 5.69 Å². The van der Waals surface area contributed by atoms with Crippen molar-refractivity contribution < 1.29 is 14.3 Å². The summed E-state index contributed by atoms with van der Waals surface area (Å²) in [6.07, 6.45) is 3.61. The highest BCUT2D eigenvalue weighted by Crippen LogP contribution is 2.14. The van der Waals surface area contributed by atoms with Gasteiger partial charge in [0.25, 0.3) is 12.4 Å². The predicted octanol–water partition coefficient (Wildman–Crippen LogP) is 1.12. The number of aromatic nitrogens is 2. The Hall–Kier alpha value is -2.63. The first kappa shape index (κ1) is 13.8. The van der Waals surface area contributed by atoms with E-state index in [9.17, 15) is 4.79 Å². The second-order valence-corrected chi connectivity index (χ2v) is 4.12. The number of hydrogen-bond donors (Lipinski definition) is 0. The molecule has 2 aromatic rings. The molecular formula is C14H15N3O3. The summed E-state index contributed by atoms with van der Waals surface area (Å²) in [6, 6.07) is 9.37. The summed E-state index contributed by atoms with van der Waals surface area (Å²) in [5.74, 6) is 0.118. The molecule has 1 aliphatic rings. The first-order valence-corrected chi connectivity index (χ1v) is 6.12. The number of benzene rings is 1. The molecule has 1 aromatic heterocycles. The molecular weight excluding hydrogens is 258 g/mol. The molecule has 0 N–H and O–H groups in total. The minimum absolute atomic E-state index is 0.118. The largest absolute Gasteiger partial charge is 0.471 e. The fourth-order valence-electron chi connectivity index (χ4n) is 1.61. The number of nitrogens with zero attached hydrogens (tertiary/aromatic N) is 3. The molecule has 20 heavy (non-hydrogen) atoms. The van der Waals surface area contributed by atoms with E-state index in [2.05, 4.69) is 9.84 Å². The number of hydrogen-bond acceptors (Lipinski definition) is 4. The number of carbonyl (C=O) groups is 2. The zero-order valence-electron chi connectivity index (χ0n) is 11.1. The van der Waals surface area contributed by atoms with E-state index in [1.54, 1.807) is 10.9 Å². The van der Waals surface area contributed by atoms with Gasteiger partial charge in [0, 0.05) is 31.0 Å². The fourth-order valence-corrected chi connectivity index (χ4v) is 1.61. The van der Waals surface area contributed by atoms with Crippen LogP contribution in [-0.2, 0) is 9.53 Å². The molecule has 0 saturated carbocycles. The number of rotatable bonds is 3. The Morgan fingerprint density at radius 2 is 1.95 bits per heavy atom. The van der Waals surface area contributed by atoms with Gasteiger partial charge in [0.05, 0.1) is 12.8 Å². The number of amides is 1. The van der Waals surface area contributed by atoms with Crippen LogP contribution in [0.4, 0.5) is 0 Å². The zero-order valence-corrected chi connectivity index (χ0v) is 11.1. The van der Waals surface area contributed by atoms with Gasteiger partial charge in [-0.15, -0.1) is 0 Å². The fraction of sp³-hybridized carbons (Fsp3) is 0.214. The third-order valence-electron chi connectivity index (χ3n) is 2.71. The van der Waals surface area contributed by atoms with Gasteiger partial charge in [-0.25, -0.2) is 4.68 Å². The maximum Gasteiger partial charge on any atom is 0.292 e. The Kier molecular flexibility index (Phi) is 4.49. The van der Waals surface area contributed by atoms with Gasteiger partial charge in [0.1, 0.15) is 0 Å². The number of carbonyl (C=O) groups excluding carboxylic acids is 2. The zero-order chi connectivity index (χ0) is 14.4. The molecule has 0 aliphatic carbocycles. The maximum absolute atomic E-state index is 11.7. The molecule has 0 bridgehead atoms. The van der Waals surface area contributed by atoms with Gasteiger partial charge in [0.2, 0.25) is 0 Å². The van der Waals surface area contributed by atoms with Crippen LogP contribution in [0.5, 0.6) is 0 Å². The van der Waals surface area contributed by atoms with Crippen LogP contribution in [0.1, 0.15) is 10.4 Å². The standard InChI is InChI=1S/C12H11N3O.C2H4O2/c16-12(14-8-9-14)10-2-4-11(5-3-10)15-7-1-6-13-15;1-4-2-3/h1-7H,8-9H2;2H,1H3. The van der Waals surface area contributed by atoms with Gasteiger partial charge in [-0.05, 0) is 30.3 Å². The van der Waals surface area contributed by atoms with Crippen molar-refractivity contribution in [1.29, 1.82) is 0 Å². The number of methoxy groups -OCH3 is 1. The van der Waals surface area contributed by atoms with E-state index >= 15 is 0 Å². The molecule has 0 spiro atoms. The van der Waals surface area contributed by atoms with Crippen molar-refractivity contribution in [3.05, 3.63) is 48.3 Å². The minimum atomic E-state index is 0.118. The summed E-state index contributed by atoms with van der Waals surface area (Å²) in [4.78, 5) is 22.5. The summed E-state index contributed by atoms with van der Waals surface area (Å²) in [7, 11) is 1.31. The maximum atomic E-state index is 11.7. The quantitative estimate of drug-likeness (QED) is 0.621. The molecule has 1 aromatic carbocycles. The second kappa shape index (κ2) is 6.51. The van der Waals surface area contributed by atoms with Crippen LogP contribution >= 0.6 is 0 Å². The van der Waals surface area contributed by atoms with E-state index in [1.807, 2.05) is 41.4 Å². The number of ether oxygens (including phenoxy) is 1. The summed E-state index contributed by atoms with van der Waals surface area (Å²) in [5, 5.41) is 4.13. The molecule has 0 unspecified atom stereocenters. The van der Waals surface area contributed by atoms with Crippen LogP contribution in [0.15, 0.2) is 42.7 Å². The highest BCUT2D eigenvalue weighted by atomic mass is 16.5. The van der Waals surface area contributed by atoms with E-state index in [0.29, 0.717) is 6.47 Å². The Balaban J connectivity index is 0.000000328. The van der Waals surface area contributed by atoms with Crippen molar-refractivity contribution in [3.63, 3.8) is 0 Å². The average Bonchev–Trinajstić information content (AvgIpc) is 3.21. The van der Waals surface area contributed by atoms with Crippen molar-refractivity contribution in [2.45, 2.75) is 0 Å². The molecule has 1 amide bonds. The first-order valence-electron chi connectivity index (χ1n) is 6.12. The normalized spacial score (nSPS) is 12.2. The summed E-state index contributed by atoms with van der Waals surface area (Å²) < 4.78 is 5.63. The third kappa shape index (κ3) is 3.44. The van der Waals surface area contributed by atoms with Crippen molar-refractivity contribution in [2.75, 3.05) is 20.2 Å².